The van der Waals surface area contributed by atoms with E-state index in [0.717, 1.165) is 6.07 Å². The minimum atomic E-state index is -1.75. The van der Waals surface area contributed by atoms with E-state index in [4.69, 9.17) is 28.1 Å². The smallest absolute Gasteiger partial charge is 0.229 e. The molecule has 0 saturated carbocycles. The fourth-order valence-electron chi connectivity index (χ4n) is 4.92. The highest BCUT2D eigenvalue weighted by Crippen LogP contribution is 2.35. The highest BCUT2D eigenvalue weighted by Gasteiger charge is 2.50. The number of phenolic OH excluding ortho intramolecular Hbond substituents is 1. The van der Waals surface area contributed by atoms with Crippen LogP contribution >= 0.6 is 0 Å². The van der Waals surface area contributed by atoms with Crippen LogP contribution in [0.3, 0.4) is 0 Å². The predicted octanol–water partition coefficient (Wildman–Crippen LogP) is -0.795. The number of aromatic hydroxyl groups is 1. The van der Waals surface area contributed by atoms with Gasteiger partial charge >= 0.3 is 0 Å². The van der Waals surface area contributed by atoms with E-state index in [0.29, 0.717) is 11.3 Å². The van der Waals surface area contributed by atoms with Crippen molar-refractivity contribution in [1.29, 1.82) is 0 Å². The first-order valence-electron chi connectivity index (χ1n) is 13.1. The van der Waals surface area contributed by atoms with Crippen molar-refractivity contribution in [3.8, 4) is 28.6 Å². The molecule has 0 amide bonds. The Morgan fingerprint density at radius 2 is 1.55 bits per heavy atom. The summed E-state index contributed by atoms with van der Waals surface area (Å²) in [7, 11) is 1.52. The van der Waals surface area contributed by atoms with Crippen molar-refractivity contribution in [2.75, 3.05) is 13.7 Å². The number of fused-ring (bicyclic) bond motifs is 1. The third kappa shape index (κ3) is 5.68. The van der Waals surface area contributed by atoms with Crippen LogP contribution in [0.4, 0.5) is 0 Å². The second-order valence-electron chi connectivity index (χ2n) is 10.1. The van der Waals surface area contributed by atoms with Crippen LogP contribution in [0.25, 0.3) is 22.3 Å². The molecule has 0 aliphatic carbocycles. The lowest BCUT2D eigenvalue weighted by molar-refractivity contribution is -0.354. The van der Waals surface area contributed by atoms with Gasteiger partial charge in [0.25, 0.3) is 0 Å². The minimum absolute atomic E-state index is 0.0483. The Bertz CT molecular complexity index is 1440. The van der Waals surface area contributed by atoms with Gasteiger partial charge in [-0.15, -0.1) is 0 Å². The number of benzene rings is 2. The van der Waals surface area contributed by atoms with Gasteiger partial charge in [-0.2, -0.15) is 0 Å². The Morgan fingerprint density at radius 3 is 2.21 bits per heavy atom. The second kappa shape index (κ2) is 12.1. The molecule has 2 aliphatic heterocycles. The van der Waals surface area contributed by atoms with Gasteiger partial charge in [-0.05, 0) is 31.2 Å². The predicted molar refractivity (Wildman–Crippen MR) is 142 cm³/mol. The molecule has 2 fully saturated rings. The first-order chi connectivity index (χ1) is 20.0. The number of hydrogen-bond donors (Lipinski definition) is 7. The summed E-state index contributed by atoms with van der Waals surface area (Å²) in [4.78, 5) is 12.9. The molecular formula is C28H32O14. The van der Waals surface area contributed by atoms with Crippen LogP contribution in [0, 0.1) is 0 Å². The molecule has 10 atom stereocenters. The van der Waals surface area contributed by atoms with Gasteiger partial charge in [-0.25, -0.2) is 0 Å². The molecule has 2 aromatic carbocycles. The normalized spacial score (nSPS) is 33.4. The molecule has 0 spiro atoms. The maximum atomic E-state index is 12.9. The van der Waals surface area contributed by atoms with Crippen LogP contribution in [-0.2, 0) is 14.2 Å². The summed E-state index contributed by atoms with van der Waals surface area (Å²) in [5, 5.41) is 72.1. The fourth-order valence-corrected chi connectivity index (χ4v) is 4.92. The zero-order chi connectivity index (χ0) is 30.3. The Balaban J connectivity index is 1.47. The zero-order valence-corrected chi connectivity index (χ0v) is 22.5. The molecular weight excluding hydrogens is 560 g/mol. The number of methoxy groups -OCH3 is 1. The first-order valence-corrected chi connectivity index (χ1v) is 13.1. The molecule has 2 aliphatic rings. The van der Waals surface area contributed by atoms with E-state index in [9.17, 15) is 40.5 Å². The Kier molecular flexibility index (Phi) is 8.71. The molecule has 3 aromatic rings. The van der Waals surface area contributed by atoms with Crippen LogP contribution in [0.5, 0.6) is 17.2 Å². The SMILES string of the molecule is COc1ccc(-c2cc(=O)c3c(O)cc(O[C@@H]4O[C@H](CO)[C@@H](O)[C@@H](O)[C@@H]4O[C@@H]4O[C@@H](C)[C@H](O)[C@H](O)[C@@H]4O)cc3o2)cc1. The van der Waals surface area contributed by atoms with E-state index in [1.807, 2.05) is 0 Å². The van der Waals surface area contributed by atoms with Crippen LogP contribution in [0.2, 0.25) is 0 Å². The summed E-state index contributed by atoms with van der Waals surface area (Å²) < 4.78 is 33.7. The highest BCUT2D eigenvalue weighted by molar-refractivity contribution is 5.86. The lowest BCUT2D eigenvalue weighted by Crippen LogP contribution is -2.64. The summed E-state index contributed by atoms with van der Waals surface area (Å²) >= 11 is 0. The van der Waals surface area contributed by atoms with Gasteiger partial charge in [0.2, 0.25) is 6.29 Å². The Morgan fingerprint density at radius 1 is 0.833 bits per heavy atom. The number of ether oxygens (including phenoxy) is 5. The summed E-state index contributed by atoms with van der Waals surface area (Å²) in [5.41, 5.74) is -0.0218. The quantitative estimate of drug-likeness (QED) is 0.179. The second-order valence-corrected chi connectivity index (χ2v) is 10.1. The van der Waals surface area contributed by atoms with E-state index >= 15 is 0 Å². The Labute approximate surface area is 238 Å². The Hall–Kier alpha value is -3.31. The summed E-state index contributed by atoms with van der Waals surface area (Å²) in [6, 6.07) is 10.4. The molecule has 5 rings (SSSR count). The van der Waals surface area contributed by atoms with Gasteiger partial charge in [0.1, 0.15) is 70.6 Å². The standard InChI is InChI=1S/C28H32O14/c1-11-21(32)23(34)25(36)27(38-11)42-26-24(35)22(33)19(10-29)41-28(26)39-14-7-15(30)20-16(31)9-17(40-18(20)8-14)12-3-5-13(37-2)6-4-12/h3-9,11,19,21-30,32-36H,10H2,1-2H3/t11-,19+,21-,22+,23-,24+,25-,26-,27-,28+/m0/s1. The number of aliphatic hydroxyl groups excluding tert-OH is 6. The summed E-state index contributed by atoms with van der Waals surface area (Å²) in [6.45, 7) is 0.721. The van der Waals surface area contributed by atoms with Crippen molar-refractivity contribution < 1.29 is 63.8 Å². The van der Waals surface area contributed by atoms with Crippen molar-refractivity contribution >= 4 is 11.0 Å². The maximum Gasteiger partial charge on any atom is 0.229 e. The average molecular weight is 593 g/mol. The van der Waals surface area contributed by atoms with E-state index in [1.165, 1.54) is 26.2 Å². The topological polar surface area (TPSA) is 218 Å². The van der Waals surface area contributed by atoms with E-state index in [1.54, 1.807) is 24.3 Å². The van der Waals surface area contributed by atoms with Gasteiger partial charge < -0.3 is 63.8 Å². The van der Waals surface area contributed by atoms with Crippen LogP contribution in [0.15, 0.2) is 51.7 Å². The van der Waals surface area contributed by atoms with Crippen LogP contribution in [0.1, 0.15) is 6.92 Å². The van der Waals surface area contributed by atoms with Crippen LogP contribution in [-0.4, -0.2) is 111 Å². The van der Waals surface area contributed by atoms with Gasteiger partial charge in [-0.3, -0.25) is 4.79 Å². The number of phenols is 1. The minimum Gasteiger partial charge on any atom is -0.507 e. The van der Waals surface area contributed by atoms with E-state index in [2.05, 4.69) is 0 Å². The van der Waals surface area contributed by atoms with Gasteiger partial charge in [-0.1, -0.05) is 0 Å². The molecule has 42 heavy (non-hydrogen) atoms. The monoisotopic (exact) mass is 592 g/mol. The first kappa shape index (κ1) is 30.2. The summed E-state index contributed by atoms with van der Waals surface area (Å²) in [5.74, 6) is 0.197. The molecule has 1 aromatic heterocycles. The number of aliphatic hydroxyl groups is 6. The summed E-state index contributed by atoms with van der Waals surface area (Å²) in [6.07, 6.45) is -15.2. The molecule has 228 valence electrons. The number of rotatable bonds is 7. The molecule has 0 bridgehead atoms. The number of hydrogen-bond acceptors (Lipinski definition) is 14. The molecule has 2 saturated heterocycles. The van der Waals surface area contributed by atoms with Crippen molar-refractivity contribution in [1.82, 2.24) is 0 Å². The lowest BCUT2D eigenvalue weighted by Gasteiger charge is -2.45. The lowest BCUT2D eigenvalue weighted by atomic mass is 9.97. The van der Waals surface area contributed by atoms with Crippen molar-refractivity contribution in [3.05, 3.63) is 52.7 Å². The maximum absolute atomic E-state index is 12.9. The zero-order valence-electron chi connectivity index (χ0n) is 22.5. The molecule has 14 nitrogen and oxygen atoms in total. The van der Waals surface area contributed by atoms with Crippen molar-refractivity contribution in [2.45, 2.75) is 68.3 Å². The third-order valence-corrected chi connectivity index (χ3v) is 7.33. The van der Waals surface area contributed by atoms with Gasteiger partial charge in [0.15, 0.2) is 17.8 Å². The van der Waals surface area contributed by atoms with Crippen molar-refractivity contribution in [2.24, 2.45) is 0 Å². The molecule has 14 heteroatoms. The largest absolute Gasteiger partial charge is 0.507 e. The molecule has 0 radical (unpaired) electrons. The molecule has 7 N–H and O–H groups in total. The van der Waals surface area contributed by atoms with Gasteiger partial charge in [0, 0.05) is 23.8 Å². The van der Waals surface area contributed by atoms with E-state index < -0.39 is 79.2 Å². The third-order valence-electron chi connectivity index (χ3n) is 7.33. The van der Waals surface area contributed by atoms with Crippen LogP contribution < -0.4 is 14.9 Å². The molecule has 3 heterocycles. The average Bonchev–Trinajstić information content (AvgIpc) is 2.97. The fraction of sp³-hybridized carbons (Fsp3) is 0.464. The van der Waals surface area contributed by atoms with Gasteiger partial charge in [0.05, 0.1) is 19.8 Å². The molecule has 0 unspecified atom stereocenters. The highest BCUT2D eigenvalue weighted by atomic mass is 16.8. The van der Waals surface area contributed by atoms with E-state index in [-0.39, 0.29) is 22.5 Å². The van der Waals surface area contributed by atoms with Crippen molar-refractivity contribution in [3.63, 3.8) is 0 Å².